The molecule has 3 atom stereocenters. The molecule has 13 heteroatoms. The summed E-state index contributed by atoms with van der Waals surface area (Å²) >= 11 is 0. The maximum atomic E-state index is 14.4. The number of nitrogens with zero attached hydrogens (tertiary/aromatic N) is 6. The fraction of sp³-hybridized carbons (Fsp3) is 0.500. The van der Waals surface area contributed by atoms with E-state index in [1.165, 1.54) is 10.9 Å². The number of halogens is 1. The predicted octanol–water partition coefficient (Wildman–Crippen LogP) is 1.80. The highest BCUT2D eigenvalue weighted by atomic mass is 19.1. The summed E-state index contributed by atoms with van der Waals surface area (Å²) in [7, 11) is 1.73. The van der Waals surface area contributed by atoms with Gasteiger partial charge in [-0.15, -0.1) is 0 Å². The van der Waals surface area contributed by atoms with Gasteiger partial charge in [0.25, 0.3) is 0 Å². The Morgan fingerprint density at radius 3 is 2.86 bits per heavy atom. The number of amides is 1. The second kappa shape index (κ2) is 8.89. The molecule has 3 aromatic rings. The standard InChI is InChI=1S/C22H26FN9O3/c1-24-19-18-20-30-21(29-19)27-13-8-14(26-17(9-13)31-2-4-34-5-3-31)10-35-16-7-12(23)6-15(16)28-22(33)32(20)11-25-18/h8-9,11-12,15-16H,2-7,10H2,1H3,(H,28,33)(H2,24,27,29,30)/t12-,15-,16-/m0/s1. The van der Waals surface area contributed by atoms with E-state index in [4.69, 9.17) is 14.5 Å². The largest absolute Gasteiger partial charge is 0.378 e. The van der Waals surface area contributed by atoms with Crippen LogP contribution in [0.25, 0.3) is 11.2 Å². The average molecular weight is 484 g/mol. The molecule has 1 saturated carbocycles. The Balaban J connectivity index is 1.46. The van der Waals surface area contributed by atoms with E-state index < -0.39 is 24.3 Å². The van der Waals surface area contributed by atoms with Gasteiger partial charge in [-0.05, 0) is 6.07 Å². The third-order valence-electron chi connectivity index (χ3n) is 6.51. The smallest absolute Gasteiger partial charge is 0.328 e. The van der Waals surface area contributed by atoms with Crippen molar-refractivity contribution in [2.45, 2.75) is 37.8 Å². The summed E-state index contributed by atoms with van der Waals surface area (Å²) in [5, 5.41) is 9.16. The summed E-state index contributed by atoms with van der Waals surface area (Å²) in [4.78, 5) is 33.5. The molecular formula is C22H26FN9O3. The number of alkyl halides is 1. The first-order chi connectivity index (χ1) is 17.1. The summed E-state index contributed by atoms with van der Waals surface area (Å²) in [6, 6.07) is 2.86. The number of hydrogen-bond donors (Lipinski definition) is 3. The van der Waals surface area contributed by atoms with Crippen molar-refractivity contribution in [3.05, 3.63) is 24.2 Å². The molecule has 184 valence electrons. The van der Waals surface area contributed by atoms with Gasteiger partial charge in [0.1, 0.15) is 18.3 Å². The number of nitrogens with one attached hydrogen (secondary N) is 3. The van der Waals surface area contributed by atoms with Crippen LogP contribution >= 0.6 is 0 Å². The monoisotopic (exact) mass is 483 g/mol. The molecule has 1 saturated heterocycles. The highest BCUT2D eigenvalue weighted by Gasteiger charge is 2.37. The lowest BCUT2D eigenvalue weighted by Gasteiger charge is -2.29. The molecular weight excluding hydrogens is 457 g/mol. The van der Waals surface area contributed by atoms with Crippen LogP contribution in [0.2, 0.25) is 0 Å². The van der Waals surface area contributed by atoms with Crippen LogP contribution < -0.4 is 20.9 Å². The Morgan fingerprint density at radius 1 is 1.17 bits per heavy atom. The number of hydrogen-bond acceptors (Lipinski definition) is 10. The molecule has 0 aromatic carbocycles. The van der Waals surface area contributed by atoms with Gasteiger partial charge in [-0.3, -0.25) is 0 Å². The van der Waals surface area contributed by atoms with Crippen LogP contribution in [0, 0.1) is 0 Å². The Bertz CT molecular complexity index is 1260. The number of ether oxygens (including phenoxy) is 2. The molecule has 12 nitrogen and oxygen atoms in total. The average Bonchev–Trinajstić information content (AvgIpc) is 3.45. The highest BCUT2D eigenvalue weighted by Crippen LogP contribution is 2.29. The van der Waals surface area contributed by atoms with E-state index in [1.54, 1.807) is 7.05 Å². The maximum absolute atomic E-state index is 14.4. The number of imidazole rings is 1. The molecule has 0 unspecified atom stereocenters. The molecule has 1 amide bonds. The Labute approximate surface area is 200 Å². The molecule has 3 aromatic heterocycles. The molecule has 2 aliphatic heterocycles. The van der Waals surface area contributed by atoms with Crippen LogP contribution in [0.1, 0.15) is 18.5 Å². The van der Waals surface area contributed by atoms with Crippen LogP contribution in [0.4, 0.5) is 32.5 Å². The van der Waals surface area contributed by atoms with Crippen molar-refractivity contribution in [2.75, 3.05) is 48.9 Å². The van der Waals surface area contributed by atoms with Crippen LogP contribution in [0.3, 0.4) is 0 Å². The minimum atomic E-state index is -1.06. The van der Waals surface area contributed by atoms with E-state index in [9.17, 15) is 9.18 Å². The second-order valence-electron chi connectivity index (χ2n) is 8.84. The summed E-state index contributed by atoms with van der Waals surface area (Å²) in [5.74, 6) is 1.55. The van der Waals surface area contributed by atoms with E-state index in [0.29, 0.717) is 41.8 Å². The molecule has 5 heterocycles. The molecule has 3 N–H and O–H groups in total. The fourth-order valence-electron chi connectivity index (χ4n) is 4.78. The third-order valence-corrected chi connectivity index (χ3v) is 6.51. The van der Waals surface area contributed by atoms with Gasteiger partial charge in [-0.25, -0.2) is 23.7 Å². The molecule has 3 aliphatic rings. The lowest BCUT2D eigenvalue weighted by atomic mass is 10.2. The van der Waals surface area contributed by atoms with Crippen molar-refractivity contribution in [3.63, 3.8) is 0 Å². The van der Waals surface area contributed by atoms with Gasteiger partial charge in [0.2, 0.25) is 5.95 Å². The third kappa shape index (κ3) is 4.21. The van der Waals surface area contributed by atoms with Gasteiger partial charge >= 0.3 is 6.03 Å². The van der Waals surface area contributed by atoms with Crippen molar-refractivity contribution in [1.29, 1.82) is 0 Å². The number of carbonyl (C=O) groups is 1. The summed E-state index contributed by atoms with van der Waals surface area (Å²) in [6.07, 6.45) is 0.244. The van der Waals surface area contributed by atoms with Gasteiger partial charge in [-0.1, -0.05) is 0 Å². The van der Waals surface area contributed by atoms with Crippen LogP contribution in [0.15, 0.2) is 18.5 Å². The number of carbonyl (C=O) groups excluding carboxylic acids is 1. The summed E-state index contributed by atoms with van der Waals surface area (Å²) < 4.78 is 27.2. The van der Waals surface area contributed by atoms with E-state index in [-0.39, 0.29) is 19.4 Å². The number of aromatic nitrogens is 5. The number of pyridine rings is 1. The first-order valence-corrected chi connectivity index (χ1v) is 11.7. The molecule has 0 radical (unpaired) electrons. The highest BCUT2D eigenvalue weighted by molar-refractivity contribution is 5.92. The van der Waals surface area contributed by atoms with Crippen LogP contribution in [-0.4, -0.2) is 82.2 Å². The molecule has 0 spiro atoms. The number of rotatable bonds is 2. The van der Waals surface area contributed by atoms with Crippen LogP contribution in [-0.2, 0) is 16.1 Å². The first-order valence-electron chi connectivity index (χ1n) is 11.7. The van der Waals surface area contributed by atoms with Gasteiger partial charge in [-0.2, -0.15) is 9.97 Å². The van der Waals surface area contributed by atoms with Crippen LogP contribution in [0.5, 0.6) is 0 Å². The van der Waals surface area contributed by atoms with Gasteiger partial charge in [0.15, 0.2) is 17.0 Å². The maximum Gasteiger partial charge on any atom is 0.328 e. The van der Waals surface area contributed by atoms with Gasteiger partial charge in [0.05, 0.1) is 37.7 Å². The summed E-state index contributed by atoms with van der Waals surface area (Å²) in [6.45, 7) is 2.88. The molecule has 2 fully saturated rings. The normalized spacial score (nSPS) is 24.6. The Morgan fingerprint density at radius 2 is 2.03 bits per heavy atom. The van der Waals surface area contributed by atoms with E-state index in [1.807, 2.05) is 12.1 Å². The fourth-order valence-corrected chi connectivity index (χ4v) is 4.78. The lowest BCUT2D eigenvalue weighted by Crippen LogP contribution is -2.43. The van der Waals surface area contributed by atoms with Crippen molar-refractivity contribution >= 4 is 40.5 Å². The topological polar surface area (TPSA) is 131 Å². The lowest BCUT2D eigenvalue weighted by molar-refractivity contribution is 0.0257. The predicted molar refractivity (Wildman–Crippen MR) is 126 cm³/mol. The molecule has 35 heavy (non-hydrogen) atoms. The Hall–Kier alpha value is -3.58. The van der Waals surface area contributed by atoms with Gasteiger partial charge in [0, 0.05) is 44.7 Å². The molecule has 6 rings (SSSR count). The zero-order chi connectivity index (χ0) is 23.9. The van der Waals surface area contributed by atoms with Crippen molar-refractivity contribution in [2.24, 2.45) is 0 Å². The van der Waals surface area contributed by atoms with E-state index in [2.05, 4.69) is 35.8 Å². The minimum absolute atomic E-state index is 0.175. The number of morpholine rings is 1. The zero-order valence-electron chi connectivity index (χ0n) is 19.2. The Kier molecular flexibility index (Phi) is 5.57. The zero-order valence-corrected chi connectivity index (χ0v) is 19.2. The minimum Gasteiger partial charge on any atom is -0.378 e. The number of anilines is 4. The van der Waals surface area contributed by atoms with E-state index >= 15 is 0 Å². The van der Waals surface area contributed by atoms with E-state index in [0.717, 1.165) is 24.6 Å². The van der Waals surface area contributed by atoms with Crippen molar-refractivity contribution in [1.82, 2.24) is 29.8 Å². The van der Waals surface area contributed by atoms with Gasteiger partial charge < -0.3 is 30.3 Å². The number of fused-ring (bicyclic) bond motifs is 4. The SMILES string of the molecule is CNc1nc2nc3c1ncn3C(=O)N[C@H]1C[C@H](F)C[C@@H]1OCc1cc(cc(N3CCOCC3)n1)N2. The quantitative estimate of drug-likeness (QED) is 0.496. The van der Waals surface area contributed by atoms with Crippen molar-refractivity contribution in [3.8, 4) is 0 Å². The molecule has 4 bridgehead atoms. The first kappa shape index (κ1) is 21.9. The summed E-state index contributed by atoms with van der Waals surface area (Å²) in [5.41, 5.74) is 2.19. The second-order valence-corrected chi connectivity index (χ2v) is 8.84. The molecule has 1 aliphatic carbocycles. The van der Waals surface area contributed by atoms with Crippen molar-refractivity contribution < 1.29 is 18.7 Å².